The fourth-order valence-electron chi connectivity index (χ4n) is 3.28. The molecule has 0 bridgehead atoms. The van der Waals surface area contributed by atoms with Crippen molar-refractivity contribution >= 4 is 22.7 Å². The fourth-order valence-corrected chi connectivity index (χ4v) is 3.28. The third kappa shape index (κ3) is 1.61. The molecule has 3 nitrogen and oxygen atoms in total. The highest BCUT2D eigenvalue weighted by Gasteiger charge is 2.25. The molecule has 1 aromatic carbocycles. The zero-order chi connectivity index (χ0) is 12.8. The molecule has 0 amide bonds. The molecule has 0 unspecified atom stereocenters. The number of ketones is 1. The van der Waals surface area contributed by atoms with Crippen LogP contribution in [0.3, 0.4) is 0 Å². The van der Waals surface area contributed by atoms with Crippen molar-refractivity contribution in [3.63, 3.8) is 0 Å². The van der Waals surface area contributed by atoms with Crippen LogP contribution >= 0.6 is 0 Å². The Morgan fingerprint density at radius 2 is 2.05 bits per heavy atom. The second kappa shape index (κ2) is 3.98. The van der Waals surface area contributed by atoms with E-state index in [0.29, 0.717) is 6.42 Å². The van der Waals surface area contributed by atoms with Gasteiger partial charge in [0.1, 0.15) is 0 Å². The summed E-state index contributed by atoms with van der Waals surface area (Å²) in [5, 5.41) is 6.99. The van der Waals surface area contributed by atoms with Gasteiger partial charge in [0.05, 0.1) is 0 Å². The molecule has 0 saturated carbocycles. The number of anilines is 2. The van der Waals surface area contributed by atoms with Crippen molar-refractivity contribution in [2.24, 2.45) is 0 Å². The predicted molar refractivity (Wildman–Crippen MR) is 77.4 cm³/mol. The van der Waals surface area contributed by atoms with Crippen LogP contribution in [0.5, 0.6) is 0 Å². The number of carbonyl (C=O) groups excluding carboxylic acids is 1. The Morgan fingerprint density at radius 3 is 3.00 bits per heavy atom. The van der Waals surface area contributed by atoms with Gasteiger partial charge in [-0.05, 0) is 41.7 Å². The normalized spacial score (nSPS) is 20.1. The lowest BCUT2D eigenvalue weighted by Crippen LogP contribution is -2.21. The zero-order valence-electron chi connectivity index (χ0n) is 10.8. The first-order valence-corrected chi connectivity index (χ1v) is 6.90. The van der Waals surface area contributed by atoms with E-state index < -0.39 is 0 Å². The van der Waals surface area contributed by atoms with Gasteiger partial charge in [-0.1, -0.05) is 12.1 Å². The van der Waals surface area contributed by atoms with E-state index in [0.717, 1.165) is 19.5 Å². The van der Waals surface area contributed by atoms with E-state index >= 15 is 0 Å². The van der Waals surface area contributed by atoms with E-state index in [1.165, 1.54) is 40.1 Å². The van der Waals surface area contributed by atoms with Crippen molar-refractivity contribution in [1.29, 1.82) is 0 Å². The second-order valence-corrected chi connectivity index (χ2v) is 5.39. The van der Waals surface area contributed by atoms with Gasteiger partial charge in [-0.3, -0.25) is 4.79 Å². The Hall–Kier alpha value is -2.03. The number of fused-ring (bicyclic) bond motifs is 4. The molecule has 4 rings (SSSR count). The molecule has 3 aliphatic rings. The van der Waals surface area contributed by atoms with Gasteiger partial charge in [-0.15, -0.1) is 0 Å². The summed E-state index contributed by atoms with van der Waals surface area (Å²) in [7, 11) is 0. The predicted octanol–water partition coefficient (Wildman–Crippen LogP) is 2.75. The lowest BCUT2D eigenvalue weighted by atomic mass is 9.85. The van der Waals surface area contributed by atoms with Crippen molar-refractivity contribution in [2.45, 2.75) is 19.3 Å². The van der Waals surface area contributed by atoms with Crippen molar-refractivity contribution in [3.8, 4) is 0 Å². The lowest BCUT2D eigenvalue weighted by molar-refractivity contribution is -0.114. The van der Waals surface area contributed by atoms with Crippen LogP contribution in [-0.2, 0) is 11.2 Å². The van der Waals surface area contributed by atoms with Gasteiger partial charge in [0.15, 0.2) is 5.78 Å². The van der Waals surface area contributed by atoms with Crippen molar-refractivity contribution in [1.82, 2.24) is 0 Å². The average Bonchev–Trinajstić information content (AvgIpc) is 2.46. The van der Waals surface area contributed by atoms with E-state index in [1.54, 1.807) is 6.08 Å². The maximum atomic E-state index is 11.5. The number of rotatable bonds is 0. The molecule has 0 aromatic heterocycles. The maximum absolute atomic E-state index is 11.5. The fraction of sp³-hybridized carbons (Fsp3) is 0.312. The number of hydrogen-bond donors (Lipinski definition) is 2. The summed E-state index contributed by atoms with van der Waals surface area (Å²) < 4.78 is 0. The Labute approximate surface area is 112 Å². The molecule has 2 heterocycles. The largest absolute Gasteiger partial charge is 0.385 e. The minimum atomic E-state index is 0.212. The summed E-state index contributed by atoms with van der Waals surface area (Å²) in [6, 6.07) is 4.35. The van der Waals surface area contributed by atoms with Gasteiger partial charge in [0, 0.05) is 36.4 Å². The molecule has 0 fully saturated rings. The molecule has 96 valence electrons. The number of nitrogens with one attached hydrogen (secondary N) is 2. The highest BCUT2D eigenvalue weighted by Crippen LogP contribution is 2.41. The molecular formula is C16H16N2O. The van der Waals surface area contributed by atoms with Crippen LogP contribution in [0.1, 0.15) is 24.0 Å². The van der Waals surface area contributed by atoms with Crippen LogP contribution in [0.15, 0.2) is 29.9 Å². The third-order valence-electron chi connectivity index (χ3n) is 4.21. The molecular weight excluding hydrogens is 236 g/mol. The van der Waals surface area contributed by atoms with Crippen LogP contribution in [0.4, 0.5) is 11.4 Å². The number of allylic oxidation sites excluding steroid dienone is 3. The number of carbonyl (C=O) groups is 1. The average molecular weight is 252 g/mol. The quantitative estimate of drug-likeness (QED) is 0.746. The number of benzene rings is 1. The van der Waals surface area contributed by atoms with Gasteiger partial charge < -0.3 is 10.6 Å². The highest BCUT2D eigenvalue weighted by molar-refractivity contribution is 6.02. The Balaban J connectivity index is 1.88. The van der Waals surface area contributed by atoms with Crippen LogP contribution in [-0.4, -0.2) is 18.9 Å². The number of hydrogen-bond acceptors (Lipinski definition) is 3. The lowest BCUT2D eigenvalue weighted by Gasteiger charge is -2.30. The van der Waals surface area contributed by atoms with E-state index in [2.05, 4.69) is 22.8 Å². The minimum Gasteiger partial charge on any atom is -0.385 e. The molecule has 0 spiro atoms. The first-order chi connectivity index (χ1) is 9.33. The molecule has 3 heteroatoms. The molecule has 1 aromatic rings. The van der Waals surface area contributed by atoms with Gasteiger partial charge in [0.25, 0.3) is 0 Å². The summed E-state index contributed by atoms with van der Waals surface area (Å²) in [6.45, 7) is 1.86. The smallest absolute Gasteiger partial charge is 0.159 e. The first kappa shape index (κ1) is 10.9. The Kier molecular flexibility index (Phi) is 2.28. The van der Waals surface area contributed by atoms with Crippen molar-refractivity contribution < 1.29 is 4.79 Å². The summed E-state index contributed by atoms with van der Waals surface area (Å²) in [5.74, 6) is 0.212. The Morgan fingerprint density at radius 1 is 1.11 bits per heavy atom. The van der Waals surface area contributed by atoms with E-state index in [9.17, 15) is 4.79 Å². The van der Waals surface area contributed by atoms with Gasteiger partial charge in [-0.2, -0.15) is 0 Å². The second-order valence-electron chi connectivity index (χ2n) is 5.39. The highest BCUT2D eigenvalue weighted by atomic mass is 16.1. The summed E-state index contributed by atoms with van der Waals surface area (Å²) in [6.07, 6.45) is 6.58. The SMILES string of the molecule is O=C1C=CC2=C(CNc3c2ccc2c3CCCN2)C1. The topological polar surface area (TPSA) is 41.1 Å². The molecule has 2 N–H and O–H groups in total. The minimum absolute atomic E-state index is 0.212. The van der Waals surface area contributed by atoms with Crippen LogP contribution in [0.2, 0.25) is 0 Å². The first-order valence-electron chi connectivity index (χ1n) is 6.90. The van der Waals surface area contributed by atoms with Gasteiger partial charge >= 0.3 is 0 Å². The van der Waals surface area contributed by atoms with Crippen molar-refractivity contribution in [2.75, 3.05) is 23.7 Å². The summed E-state index contributed by atoms with van der Waals surface area (Å²) >= 11 is 0. The van der Waals surface area contributed by atoms with Gasteiger partial charge in [-0.25, -0.2) is 0 Å². The summed E-state index contributed by atoms with van der Waals surface area (Å²) in [5.41, 5.74) is 7.67. The van der Waals surface area contributed by atoms with E-state index in [1.807, 2.05) is 6.08 Å². The summed E-state index contributed by atoms with van der Waals surface area (Å²) in [4.78, 5) is 11.5. The molecule has 19 heavy (non-hydrogen) atoms. The maximum Gasteiger partial charge on any atom is 0.159 e. The monoisotopic (exact) mass is 252 g/mol. The Bertz CT molecular complexity index is 640. The standard InChI is InChI=1S/C16H16N2O/c19-11-3-4-12-10(8-11)9-18-16-13(12)5-6-15-14(16)2-1-7-17-15/h3-6,17-18H,1-2,7-9H2. The molecule has 0 atom stereocenters. The molecule has 2 aliphatic heterocycles. The van der Waals surface area contributed by atoms with Crippen LogP contribution in [0.25, 0.3) is 5.57 Å². The van der Waals surface area contributed by atoms with Crippen molar-refractivity contribution in [3.05, 3.63) is 41.0 Å². The van der Waals surface area contributed by atoms with E-state index in [4.69, 9.17) is 0 Å². The zero-order valence-corrected chi connectivity index (χ0v) is 10.8. The molecule has 1 aliphatic carbocycles. The van der Waals surface area contributed by atoms with E-state index in [-0.39, 0.29) is 5.78 Å². The molecule has 0 radical (unpaired) electrons. The molecule has 0 saturated heterocycles. The van der Waals surface area contributed by atoms with Crippen LogP contribution < -0.4 is 10.6 Å². The van der Waals surface area contributed by atoms with Crippen LogP contribution in [0, 0.1) is 0 Å². The van der Waals surface area contributed by atoms with Gasteiger partial charge in [0.2, 0.25) is 0 Å². The third-order valence-corrected chi connectivity index (χ3v) is 4.21.